The second-order valence-corrected chi connectivity index (χ2v) is 4.77. The fraction of sp³-hybridized carbons (Fsp3) is 0.500. The fourth-order valence-electron chi connectivity index (χ4n) is 2.01. The summed E-state index contributed by atoms with van der Waals surface area (Å²) in [5.41, 5.74) is 3.22. The predicted molar refractivity (Wildman–Crippen MR) is 71.9 cm³/mol. The van der Waals surface area contributed by atoms with Crippen LogP contribution in [0.1, 0.15) is 24.0 Å². The normalized spacial score (nSPS) is 18.7. The van der Waals surface area contributed by atoms with Gasteiger partial charge in [0.1, 0.15) is 0 Å². The molecule has 2 N–H and O–H groups in total. The third-order valence-corrected chi connectivity index (χ3v) is 3.28. The summed E-state index contributed by atoms with van der Waals surface area (Å²) >= 11 is 0. The van der Waals surface area contributed by atoms with Gasteiger partial charge in [-0.15, -0.1) is 0 Å². The summed E-state index contributed by atoms with van der Waals surface area (Å²) in [6.07, 6.45) is 2.30. The first-order valence-corrected chi connectivity index (χ1v) is 6.39. The van der Waals surface area contributed by atoms with Gasteiger partial charge < -0.3 is 15.4 Å². The minimum Gasteiger partial charge on any atom is -0.376 e. The highest BCUT2D eigenvalue weighted by molar-refractivity contribution is 5.89. The van der Waals surface area contributed by atoms with E-state index in [-0.39, 0.29) is 12.1 Å². The molecule has 1 atom stereocenters. The van der Waals surface area contributed by atoms with Crippen LogP contribution in [-0.4, -0.2) is 25.3 Å². The van der Waals surface area contributed by atoms with Crippen LogP contribution in [0.3, 0.4) is 0 Å². The van der Waals surface area contributed by atoms with Crippen molar-refractivity contribution >= 4 is 11.7 Å². The Hall–Kier alpha value is -1.55. The molecule has 2 amide bonds. The molecule has 0 saturated carbocycles. The molecule has 1 saturated heterocycles. The summed E-state index contributed by atoms with van der Waals surface area (Å²) in [4.78, 5) is 11.7. The van der Waals surface area contributed by atoms with Crippen molar-refractivity contribution in [3.8, 4) is 0 Å². The summed E-state index contributed by atoms with van der Waals surface area (Å²) in [7, 11) is 0. The Morgan fingerprint density at radius 3 is 2.89 bits per heavy atom. The molecular formula is C14H20N2O2. The van der Waals surface area contributed by atoms with Crippen molar-refractivity contribution in [2.24, 2.45) is 0 Å². The number of amides is 2. The van der Waals surface area contributed by atoms with Gasteiger partial charge in [0.15, 0.2) is 0 Å². The van der Waals surface area contributed by atoms with Crippen LogP contribution in [0.5, 0.6) is 0 Å². The number of carbonyl (C=O) groups is 1. The number of anilines is 1. The van der Waals surface area contributed by atoms with E-state index >= 15 is 0 Å². The molecule has 1 aliphatic rings. The maximum atomic E-state index is 11.7. The number of aryl methyl sites for hydroxylation is 2. The monoisotopic (exact) mass is 248 g/mol. The van der Waals surface area contributed by atoms with Crippen LogP contribution in [-0.2, 0) is 4.74 Å². The van der Waals surface area contributed by atoms with Gasteiger partial charge >= 0.3 is 6.03 Å². The lowest BCUT2D eigenvalue weighted by Gasteiger charge is -2.12. The molecule has 1 aromatic carbocycles. The Kier molecular flexibility index (Phi) is 4.20. The third kappa shape index (κ3) is 3.47. The Bertz CT molecular complexity index is 426. The molecule has 98 valence electrons. The van der Waals surface area contributed by atoms with Gasteiger partial charge in [-0.2, -0.15) is 0 Å². The van der Waals surface area contributed by atoms with Gasteiger partial charge in [-0.3, -0.25) is 0 Å². The SMILES string of the molecule is Cc1ccc(NC(=O)NC[C@H]2CCCO2)cc1C. The van der Waals surface area contributed by atoms with Crippen LogP contribution in [0.4, 0.5) is 10.5 Å². The number of hydrogen-bond acceptors (Lipinski definition) is 2. The van der Waals surface area contributed by atoms with Gasteiger partial charge in [-0.25, -0.2) is 4.79 Å². The van der Waals surface area contributed by atoms with Gasteiger partial charge in [0.25, 0.3) is 0 Å². The number of urea groups is 1. The molecule has 18 heavy (non-hydrogen) atoms. The average molecular weight is 248 g/mol. The lowest BCUT2D eigenvalue weighted by atomic mass is 10.1. The van der Waals surface area contributed by atoms with Gasteiger partial charge in [0.2, 0.25) is 0 Å². The van der Waals surface area contributed by atoms with Crippen LogP contribution >= 0.6 is 0 Å². The molecule has 1 aliphatic heterocycles. The highest BCUT2D eigenvalue weighted by atomic mass is 16.5. The van der Waals surface area contributed by atoms with E-state index in [2.05, 4.69) is 17.6 Å². The number of rotatable bonds is 3. The lowest BCUT2D eigenvalue weighted by Crippen LogP contribution is -2.35. The van der Waals surface area contributed by atoms with Crippen LogP contribution in [0.2, 0.25) is 0 Å². The zero-order chi connectivity index (χ0) is 13.0. The average Bonchev–Trinajstić information content (AvgIpc) is 2.84. The smallest absolute Gasteiger partial charge is 0.319 e. The highest BCUT2D eigenvalue weighted by Gasteiger charge is 2.15. The van der Waals surface area contributed by atoms with Crippen molar-refractivity contribution in [1.29, 1.82) is 0 Å². The second-order valence-electron chi connectivity index (χ2n) is 4.77. The number of hydrogen-bond donors (Lipinski definition) is 2. The van der Waals surface area contributed by atoms with E-state index in [4.69, 9.17) is 4.74 Å². The van der Waals surface area contributed by atoms with Crippen molar-refractivity contribution < 1.29 is 9.53 Å². The number of nitrogens with one attached hydrogen (secondary N) is 2. The van der Waals surface area contributed by atoms with E-state index < -0.39 is 0 Å². The first-order chi connectivity index (χ1) is 8.65. The topological polar surface area (TPSA) is 50.4 Å². The first kappa shape index (κ1) is 12.9. The van der Waals surface area contributed by atoms with Gasteiger partial charge in [0.05, 0.1) is 6.10 Å². The van der Waals surface area contributed by atoms with Crippen LogP contribution in [0, 0.1) is 13.8 Å². The molecule has 1 aromatic rings. The van der Waals surface area contributed by atoms with Crippen LogP contribution in [0.15, 0.2) is 18.2 Å². The number of ether oxygens (including phenoxy) is 1. The molecule has 4 heteroatoms. The Morgan fingerprint density at radius 2 is 2.22 bits per heavy atom. The Balaban J connectivity index is 1.80. The summed E-state index contributed by atoms with van der Waals surface area (Å²) in [5.74, 6) is 0. The predicted octanol–water partition coefficient (Wildman–Crippen LogP) is 2.60. The molecule has 0 radical (unpaired) electrons. The zero-order valence-corrected chi connectivity index (χ0v) is 11.0. The number of benzene rings is 1. The fourth-order valence-corrected chi connectivity index (χ4v) is 2.01. The summed E-state index contributed by atoms with van der Waals surface area (Å²) in [6, 6.07) is 5.72. The van der Waals surface area contributed by atoms with Crippen LogP contribution in [0.25, 0.3) is 0 Å². The molecule has 0 unspecified atom stereocenters. The van der Waals surface area contributed by atoms with E-state index in [0.29, 0.717) is 6.54 Å². The van der Waals surface area contributed by atoms with E-state index in [0.717, 1.165) is 25.1 Å². The maximum Gasteiger partial charge on any atom is 0.319 e. The minimum absolute atomic E-state index is 0.172. The van der Waals surface area contributed by atoms with E-state index in [1.807, 2.05) is 25.1 Å². The van der Waals surface area contributed by atoms with Gasteiger partial charge in [-0.05, 0) is 49.9 Å². The van der Waals surface area contributed by atoms with Crippen molar-refractivity contribution in [3.05, 3.63) is 29.3 Å². The minimum atomic E-state index is -0.172. The summed E-state index contributed by atoms with van der Waals surface area (Å²) in [6.45, 7) is 5.48. The molecular weight excluding hydrogens is 228 g/mol. The Labute approximate surface area is 108 Å². The molecule has 4 nitrogen and oxygen atoms in total. The third-order valence-electron chi connectivity index (χ3n) is 3.28. The standard InChI is InChI=1S/C14H20N2O2/c1-10-5-6-12(8-11(10)2)16-14(17)15-9-13-4-3-7-18-13/h5-6,8,13H,3-4,7,9H2,1-2H3,(H2,15,16,17)/t13-/m1/s1. The van der Waals surface area contributed by atoms with E-state index in [9.17, 15) is 4.79 Å². The molecule has 0 aromatic heterocycles. The van der Waals surface area contributed by atoms with Crippen molar-refractivity contribution in [1.82, 2.24) is 5.32 Å². The van der Waals surface area contributed by atoms with E-state index in [1.54, 1.807) is 0 Å². The quantitative estimate of drug-likeness (QED) is 0.864. The van der Waals surface area contributed by atoms with Crippen molar-refractivity contribution in [2.75, 3.05) is 18.5 Å². The van der Waals surface area contributed by atoms with Gasteiger partial charge in [-0.1, -0.05) is 6.07 Å². The van der Waals surface area contributed by atoms with Crippen LogP contribution < -0.4 is 10.6 Å². The lowest BCUT2D eigenvalue weighted by molar-refractivity contribution is 0.112. The number of carbonyl (C=O) groups excluding carboxylic acids is 1. The van der Waals surface area contributed by atoms with Crippen molar-refractivity contribution in [2.45, 2.75) is 32.8 Å². The molecule has 0 aliphatic carbocycles. The zero-order valence-electron chi connectivity index (χ0n) is 11.0. The van der Waals surface area contributed by atoms with E-state index in [1.165, 1.54) is 11.1 Å². The molecule has 1 heterocycles. The molecule has 2 rings (SSSR count). The highest BCUT2D eigenvalue weighted by Crippen LogP contribution is 2.14. The van der Waals surface area contributed by atoms with Gasteiger partial charge in [0, 0.05) is 18.8 Å². The Morgan fingerprint density at radius 1 is 1.39 bits per heavy atom. The second kappa shape index (κ2) is 5.87. The summed E-state index contributed by atoms with van der Waals surface area (Å²) < 4.78 is 5.45. The molecule has 1 fully saturated rings. The maximum absolute atomic E-state index is 11.7. The molecule has 0 spiro atoms. The summed E-state index contributed by atoms with van der Waals surface area (Å²) in [5, 5.41) is 5.66. The largest absolute Gasteiger partial charge is 0.376 e. The molecule has 0 bridgehead atoms. The first-order valence-electron chi connectivity index (χ1n) is 6.39. The van der Waals surface area contributed by atoms with Crippen molar-refractivity contribution in [3.63, 3.8) is 0 Å².